The van der Waals surface area contributed by atoms with E-state index >= 15 is 0 Å². The van der Waals surface area contributed by atoms with Gasteiger partial charge in [-0.05, 0) is 48.6 Å². The first-order chi connectivity index (χ1) is 42.5. The van der Waals surface area contributed by atoms with Crippen LogP contribution >= 0.6 is 0 Å². The first-order valence-electron chi connectivity index (χ1n) is 28.8. The van der Waals surface area contributed by atoms with Crippen LogP contribution in [0.3, 0.4) is 0 Å². The normalized spacial score (nSPS) is 12.9. The summed E-state index contributed by atoms with van der Waals surface area (Å²) in [6.45, 7) is 2.89. The van der Waals surface area contributed by atoms with Crippen molar-refractivity contribution in [2.45, 2.75) is 172 Å². The molecule has 0 saturated carbocycles. The van der Waals surface area contributed by atoms with Gasteiger partial charge in [-0.15, -0.1) is 0 Å². The Labute approximate surface area is 513 Å². The highest BCUT2D eigenvalue weighted by Crippen LogP contribution is 2.42. The molecule has 0 unspecified atom stereocenters. The number of pyridine rings is 1. The predicted octanol–water partition coefficient (Wildman–Crippen LogP) is 20.3. The van der Waals surface area contributed by atoms with Gasteiger partial charge in [0.2, 0.25) is 0 Å². The first kappa shape index (κ1) is 75.3. The van der Waals surface area contributed by atoms with Gasteiger partial charge in [0.25, 0.3) is 0 Å². The molecule has 6 rings (SSSR count). The molecule has 1 aromatic heterocycles. The van der Waals surface area contributed by atoms with Crippen LogP contribution in [-0.4, -0.2) is 6.15 Å². The molecule has 92 heavy (non-hydrogen) atoms. The minimum absolute atomic E-state index is 0.284. The number of hydrogen-bond acceptors (Lipinski definition) is 2. The third-order valence-corrected chi connectivity index (χ3v) is 15.5. The first-order valence-corrected chi connectivity index (χ1v) is 28.8. The Balaban J connectivity index is 0.000000375. The van der Waals surface area contributed by atoms with E-state index in [0.717, 1.165) is 18.4 Å². The highest BCUT2D eigenvalue weighted by atomic mass is 19.4. The average molecular weight is 1340 g/mol. The Kier molecular flexibility index (Phi) is 25.0. The molecule has 5 aromatic carbocycles. The van der Waals surface area contributed by atoms with Crippen LogP contribution in [0.25, 0.3) is 10.8 Å². The molecular formula is C64H58BF24N3. The molecule has 0 fully saturated rings. The van der Waals surface area contributed by atoms with Crippen LogP contribution < -0.4 is 26.4 Å². The maximum absolute atomic E-state index is 14.2. The molecule has 0 spiro atoms. The van der Waals surface area contributed by atoms with E-state index in [2.05, 4.69) is 48.0 Å². The van der Waals surface area contributed by atoms with E-state index in [4.69, 9.17) is 0 Å². The number of nitrogens with zero attached hydrogens (tertiary/aromatic N) is 3. The van der Waals surface area contributed by atoms with Gasteiger partial charge in [-0.3, -0.25) is 0 Å². The fourth-order valence-electron chi connectivity index (χ4n) is 10.9. The lowest BCUT2D eigenvalue weighted by molar-refractivity contribution is -0.688. The summed E-state index contributed by atoms with van der Waals surface area (Å²) in [5.74, 6) is 0. The van der Waals surface area contributed by atoms with Crippen LogP contribution in [0, 0.1) is 22.7 Å². The van der Waals surface area contributed by atoms with Gasteiger partial charge in [-0.25, -0.2) is 4.57 Å². The molecule has 0 atom stereocenters. The molecule has 3 nitrogen and oxygen atoms in total. The van der Waals surface area contributed by atoms with Crippen LogP contribution in [0.1, 0.15) is 161 Å². The summed E-state index contributed by atoms with van der Waals surface area (Å²) in [6.07, 6.45) is -28.2. The van der Waals surface area contributed by atoms with E-state index in [0.29, 0.717) is 6.54 Å². The number of fused-ring (bicyclic) bond motifs is 1. The Morgan fingerprint density at radius 3 is 0.848 bits per heavy atom. The molecule has 0 amide bonds. The van der Waals surface area contributed by atoms with Gasteiger partial charge in [0.1, 0.15) is 23.9 Å². The molecule has 0 N–H and O–H groups in total. The molecule has 1 heterocycles. The minimum atomic E-state index is -6.13. The summed E-state index contributed by atoms with van der Waals surface area (Å²) >= 11 is 0. The SMILES string of the molecule is CCCCCCCCCCCCCCCCCCC(C[n+]1ccc2ccccc2c1)=C(C#N)C#N.FC(F)(F)c1cc([B-](c2cc(C(F)(F)F)cc(C(F)(F)F)c2)(c2cc(C(F)(F)F)cc(C(F)(F)F)c2)c2cc(C(F)(F)F)cc(C(F)(F)F)c2)cc(C(F)(F)F)c1. The second-order valence-electron chi connectivity index (χ2n) is 22.2. The van der Waals surface area contributed by atoms with Crippen molar-refractivity contribution in [1.29, 1.82) is 10.5 Å². The number of allylic oxidation sites excluding steroid dienone is 2. The summed E-state index contributed by atoms with van der Waals surface area (Å²) in [5, 5.41) is 21.3. The second kappa shape index (κ2) is 30.6. The molecule has 0 aliphatic rings. The van der Waals surface area contributed by atoms with E-state index in [1.807, 2.05) is 18.3 Å². The molecule has 0 bridgehead atoms. The van der Waals surface area contributed by atoms with E-state index < -0.39 is 195 Å². The third-order valence-electron chi connectivity index (χ3n) is 15.5. The van der Waals surface area contributed by atoms with Crippen molar-refractivity contribution >= 4 is 38.8 Å². The number of aromatic nitrogens is 1. The highest BCUT2D eigenvalue weighted by molar-refractivity contribution is 7.20. The van der Waals surface area contributed by atoms with Crippen molar-refractivity contribution in [3.05, 3.63) is 171 Å². The maximum atomic E-state index is 14.2. The summed E-state index contributed by atoms with van der Waals surface area (Å²) in [6, 6.07) is 5.80. The van der Waals surface area contributed by atoms with E-state index in [9.17, 15) is 116 Å². The van der Waals surface area contributed by atoms with Gasteiger partial charge in [0.15, 0.2) is 18.9 Å². The molecular weight excluding hydrogens is 1280 g/mol. The summed E-state index contributed by atoms with van der Waals surface area (Å²) in [5.41, 5.74) is -29.0. The minimum Gasteiger partial charge on any atom is -0.200 e. The fraction of sp³-hybridized carbons (Fsp3) is 0.422. The van der Waals surface area contributed by atoms with Gasteiger partial charge >= 0.3 is 49.4 Å². The molecule has 0 aliphatic carbocycles. The third kappa shape index (κ3) is 20.8. The zero-order valence-electron chi connectivity index (χ0n) is 48.7. The number of rotatable bonds is 23. The molecule has 500 valence electrons. The number of alkyl halides is 24. The standard InChI is InChI=1S/C32H12BF24.C32H46N3/c34-25(35,36)13-1-14(26(37,38)39)6-21(5-13)33(22-7-15(27(40,41)42)2-16(8-22)28(43,44)45,23-9-17(29(46,47)48)3-18(10-23)30(49,50)51)24-11-19(31(52,53)54)4-20(12-24)32(55,56)57;1-2-3-4-5-6-7-8-9-10-11-12-13-14-15-16-17-21-31(32(25-33)26-34)28-35-24-23-29-20-18-19-22-30(29)27-35/h1-12H;18-20,22-24,27H,2-17,21,28H2,1H3/q-1;+1. The van der Waals surface area contributed by atoms with Crippen molar-refractivity contribution in [2.24, 2.45) is 0 Å². The van der Waals surface area contributed by atoms with Crippen LogP contribution in [-0.2, 0) is 56.0 Å². The zero-order valence-corrected chi connectivity index (χ0v) is 48.7. The Hall–Kier alpha value is -7.39. The van der Waals surface area contributed by atoms with Crippen molar-refractivity contribution in [3.63, 3.8) is 0 Å². The Bertz CT molecular complexity index is 3100. The van der Waals surface area contributed by atoms with Gasteiger partial charge in [0.05, 0.1) is 44.5 Å². The van der Waals surface area contributed by atoms with E-state index in [-0.39, 0.29) is 5.57 Å². The largest absolute Gasteiger partial charge is 0.416 e. The quantitative estimate of drug-likeness (QED) is 0.0211. The smallest absolute Gasteiger partial charge is 0.200 e. The average Bonchev–Trinajstić information content (AvgIpc) is 0.709. The van der Waals surface area contributed by atoms with Crippen molar-refractivity contribution < 1.29 is 110 Å². The van der Waals surface area contributed by atoms with E-state index in [1.165, 1.54) is 107 Å². The van der Waals surface area contributed by atoms with Crippen LogP contribution in [0.5, 0.6) is 0 Å². The van der Waals surface area contributed by atoms with Gasteiger partial charge < -0.3 is 0 Å². The number of benzene rings is 5. The number of hydrogen-bond donors (Lipinski definition) is 0. The molecule has 6 aromatic rings. The van der Waals surface area contributed by atoms with Gasteiger partial charge in [-0.1, -0.05) is 170 Å². The summed E-state index contributed by atoms with van der Waals surface area (Å²) in [7, 11) is 0. The van der Waals surface area contributed by atoms with Gasteiger partial charge in [-0.2, -0.15) is 138 Å². The van der Waals surface area contributed by atoms with Crippen molar-refractivity contribution in [2.75, 3.05) is 0 Å². The number of halogens is 24. The lowest BCUT2D eigenvalue weighted by Crippen LogP contribution is -2.75. The molecule has 0 aliphatic heterocycles. The Morgan fingerprint density at radius 2 is 0.598 bits per heavy atom. The predicted molar refractivity (Wildman–Crippen MR) is 297 cm³/mol. The number of nitriles is 2. The maximum Gasteiger partial charge on any atom is 0.416 e. The lowest BCUT2D eigenvalue weighted by atomic mass is 9.12. The second-order valence-corrected chi connectivity index (χ2v) is 22.2. The van der Waals surface area contributed by atoms with Gasteiger partial charge in [0, 0.05) is 17.0 Å². The molecule has 28 heteroatoms. The van der Waals surface area contributed by atoms with Crippen LogP contribution in [0.2, 0.25) is 0 Å². The topological polar surface area (TPSA) is 51.5 Å². The summed E-state index contributed by atoms with van der Waals surface area (Å²) in [4.78, 5) is 0. The highest BCUT2D eigenvalue weighted by Gasteiger charge is 2.47. The van der Waals surface area contributed by atoms with Crippen molar-refractivity contribution in [1.82, 2.24) is 0 Å². The monoisotopic (exact) mass is 1340 g/mol. The van der Waals surface area contributed by atoms with E-state index in [1.54, 1.807) is 0 Å². The lowest BCUT2D eigenvalue weighted by Gasteiger charge is -2.46. The van der Waals surface area contributed by atoms with Crippen LogP contribution in [0.15, 0.2) is 127 Å². The Morgan fingerprint density at radius 1 is 0.348 bits per heavy atom. The summed E-state index contributed by atoms with van der Waals surface area (Å²) < 4.78 is 343. The zero-order chi connectivity index (χ0) is 68.9. The number of unbranched alkanes of at least 4 members (excludes halogenated alkanes) is 15. The molecule has 0 radical (unpaired) electrons. The van der Waals surface area contributed by atoms with Crippen LogP contribution in [0.4, 0.5) is 105 Å². The molecule has 0 saturated heterocycles. The fourth-order valence-corrected chi connectivity index (χ4v) is 10.9. The van der Waals surface area contributed by atoms with Crippen molar-refractivity contribution in [3.8, 4) is 12.1 Å².